The summed E-state index contributed by atoms with van der Waals surface area (Å²) in [6.45, 7) is 2.86. The maximum Gasteiger partial charge on any atom is 0.341 e. The number of hydrogen-bond donors (Lipinski definition) is 0. The molecule has 24 heavy (non-hydrogen) atoms. The summed E-state index contributed by atoms with van der Waals surface area (Å²) in [5.74, 6) is 1.90. The molecule has 138 valence electrons. The van der Waals surface area contributed by atoms with Crippen molar-refractivity contribution in [3.05, 3.63) is 23.2 Å². The quantitative estimate of drug-likeness (QED) is 0.229. The Bertz CT molecular complexity index is 387. The van der Waals surface area contributed by atoms with Crippen LogP contribution in [0.5, 0.6) is 0 Å². The van der Waals surface area contributed by atoms with E-state index in [-0.39, 0.29) is 5.97 Å². The average molecular weight is 352 g/mol. The number of unbranched alkanes of at least 4 members (excludes halogenated alkanes) is 13. The summed E-state index contributed by atoms with van der Waals surface area (Å²) < 4.78 is 5.29. The van der Waals surface area contributed by atoms with Crippen molar-refractivity contribution in [3.8, 4) is 0 Å². The van der Waals surface area contributed by atoms with Crippen molar-refractivity contribution in [1.29, 1.82) is 0 Å². The van der Waals surface area contributed by atoms with Gasteiger partial charge in [0, 0.05) is 0 Å². The third-order valence-electron chi connectivity index (χ3n) is 4.55. The Balaban J connectivity index is 1.74. The van der Waals surface area contributed by atoms with Crippen molar-refractivity contribution in [2.24, 2.45) is 0 Å². The van der Waals surface area contributed by atoms with Gasteiger partial charge in [-0.1, -0.05) is 96.5 Å². The predicted octanol–water partition coefficient (Wildman–Crippen LogP) is 7.36. The van der Waals surface area contributed by atoms with Crippen molar-refractivity contribution in [2.75, 3.05) is 6.61 Å². The van der Waals surface area contributed by atoms with Crippen LogP contribution in [0.2, 0.25) is 0 Å². The van der Waals surface area contributed by atoms with Crippen molar-refractivity contribution >= 4 is 14.2 Å². The maximum atomic E-state index is 11.7. The van der Waals surface area contributed by atoms with Gasteiger partial charge >= 0.3 is 5.97 Å². The van der Waals surface area contributed by atoms with E-state index in [4.69, 9.17) is 4.74 Å². The molecule has 0 bridgehead atoms. The van der Waals surface area contributed by atoms with E-state index in [0.717, 1.165) is 11.7 Å². The highest BCUT2D eigenvalue weighted by molar-refractivity contribution is 7.31. The van der Waals surface area contributed by atoms with Gasteiger partial charge in [-0.3, -0.25) is 0 Å². The van der Waals surface area contributed by atoms with Gasteiger partial charge in [0.15, 0.2) is 0 Å². The third kappa shape index (κ3) is 11.7. The molecule has 1 aromatic rings. The normalized spacial score (nSPS) is 11.2. The van der Waals surface area contributed by atoms with Crippen molar-refractivity contribution in [1.82, 2.24) is 0 Å². The van der Waals surface area contributed by atoms with Gasteiger partial charge < -0.3 is 4.74 Å². The van der Waals surface area contributed by atoms with Gasteiger partial charge in [0.1, 0.15) is 0 Å². The Morgan fingerprint density at radius 2 is 1.33 bits per heavy atom. The van der Waals surface area contributed by atoms with Crippen LogP contribution >= 0.6 is 8.19 Å². The van der Waals surface area contributed by atoms with Crippen LogP contribution in [0.3, 0.4) is 0 Å². The molecule has 0 spiro atoms. The summed E-state index contributed by atoms with van der Waals surface area (Å²) in [7, 11) is 0.497. The molecule has 0 saturated carbocycles. The minimum Gasteiger partial charge on any atom is -0.462 e. The first-order valence-electron chi connectivity index (χ1n) is 10.1. The van der Waals surface area contributed by atoms with Gasteiger partial charge in [0.2, 0.25) is 0 Å². The van der Waals surface area contributed by atoms with Gasteiger partial charge in [-0.05, 0) is 18.3 Å². The van der Waals surface area contributed by atoms with Crippen molar-refractivity contribution in [2.45, 2.75) is 96.8 Å². The Morgan fingerprint density at radius 3 is 1.79 bits per heavy atom. The largest absolute Gasteiger partial charge is 0.462 e. The number of ether oxygens (including phenoxy) is 1. The molecule has 1 heterocycles. The molecular weight excluding hydrogens is 315 g/mol. The summed E-state index contributed by atoms with van der Waals surface area (Å²) in [5, 5.41) is 0.820. The van der Waals surface area contributed by atoms with Crippen LogP contribution in [0.25, 0.3) is 0 Å². The zero-order valence-electron chi connectivity index (χ0n) is 15.7. The average Bonchev–Trinajstić information content (AvgIpc) is 3.13. The molecule has 0 aromatic carbocycles. The second-order valence-electron chi connectivity index (χ2n) is 6.82. The summed E-state index contributed by atoms with van der Waals surface area (Å²) in [6.07, 6.45) is 18.9. The summed E-state index contributed by atoms with van der Waals surface area (Å²) in [6, 6.07) is 3.80. The lowest BCUT2D eigenvalue weighted by molar-refractivity contribution is 0.0503. The second-order valence-corrected chi connectivity index (χ2v) is 7.98. The van der Waals surface area contributed by atoms with Crippen molar-refractivity contribution < 1.29 is 9.53 Å². The number of carbonyl (C=O) groups is 1. The minimum absolute atomic E-state index is 0.118. The third-order valence-corrected chi connectivity index (χ3v) is 5.59. The molecule has 0 fully saturated rings. The maximum absolute atomic E-state index is 11.7. The second kappa shape index (κ2) is 15.8. The van der Waals surface area contributed by atoms with Crippen molar-refractivity contribution in [3.63, 3.8) is 0 Å². The highest BCUT2D eigenvalue weighted by Gasteiger charge is 2.05. The summed E-state index contributed by atoms with van der Waals surface area (Å²) >= 11 is 0. The molecular formula is C21H37O2P. The Kier molecular flexibility index (Phi) is 14.0. The fraction of sp³-hybridized carbons (Fsp3) is 0.762. The van der Waals surface area contributed by atoms with Gasteiger partial charge in [-0.2, -0.15) is 0 Å². The molecule has 0 amide bonds. The lowest BCUT2D eigenvalue weighted by Gasteiger charge is -2.04. The Morgan fingerprint density at radius 1 is 0.833 bits per heavy atom. The number of hydrogen-bond acceptors (Lipinski definition) is 2. The fourth-order valence-corrected chi connectivity index (χ4v) is 3.75. The highest BCUT2D eigenvalue weighted by atomic mass is 31.0. The van der Waals surface area contributed by atoms with Gasteiger partial charge in [-0.25, -0.2) is 4.79 Å². The van der Waals surface area contributed by atoms with Gasteiger partial charge in [0.25, 0.3) is 0 Å². The van der Waals surface area contributed by atoms with E-state index in [1.54, 1.807) is 0 Å². The van der Waals surface area contributed by atoms with E-state index in [2.05, 4.69) is 6.92 Å². The first kappa shape index (κ1) is 21.3. The van der Waals surface area contributed by atoms with E-state index in [9.17, 15) is 4.79 Å². The first-order valence-corrected chi connectivity index (χ1v) is 11.2. The smallest absolute Gasteiger partial charge is 0.341 e. The molecule has 0 N–H and O–H groups in total. The fourth-order valence-electron chi connectivity index (χ4n) is 3.00. The molecule has 0 saturated heterocycles. The van der Waals surface area contributed by atoms with Crippen LogP contribution in [0.1, 0.15) is 107 Å². The van der Waals surface area contributed by atoms with Crippen LogP contribution in [0.4, 0.5) is 0 Å². The molecule has 1 rings (SSSR count). The Labute approximate surface area is 150 Å². The van der Waals surface area contributed by atoms with E-state index in [1.807, 2.05) is 17.9 Å². The zero-order chi connectivity index (χ0) is 17.3. The molecule has 1 aromatic heterocycles. The minimum atomic E-state index is -0.118. The van der Waals surface area contributed by atoms with E-state index in [1.165, 1.54) is 83.5 Å². The molecule has 0 radical (unpaired) electrons. The molecule has 0 aliphatic carbocycles. The van der Waals surface area contributed by atoms with E-state index < -0.39 is 0 Å². The Hall–Kier alpha value is -0.750. The van der Waals surface area contributed by atoms with Gasteiger partial charge in [-0.15, -0.1) is 8.19 Å². The summed E-state index contributed by atoms with van der Waals surface area (Å²) in [4.78, 5) is 11.7. The molecule has 1 atom stereocenters. The van der Waals surface area contributed by atoms with Crippen LogP contribution in [0, 0.1) is 0 Å². The number of carbonyl (C=O) groups excluding carboxylic acids is 1. The molecule has 1 unspecified atom stereocenters. The molecule has 2 nitrogen and oxygen atoms in total. The van der Waals surface area contributed by atoms with Gasteiger partial charge in [0.05, 0.1) is 11.9 Å². The SMILES string of the molecule is CCCCCCCCCCCCCCCCOC(=O)c1ccc[pH]1. The number of esters is 1. The van der Waals surface area contributed by atoms with Crippen LogP contribution in [-0.4, -0.2) is 12.6 Å². The lowest BCUT2D eigenvalue weighted by Crippen LogP contribution is -2.04. The monoisotopic (exact) mass is 352 g/mol. The standard InChI is InChI=1S/C21H37O2P/c1-2-3-4-5-6-7-8-9-10-11-12-13-14-15-18-23-21(22)20-17-16-19-24-20/h16-17,19,24H,2-15,18H2,1H3. The van der Waals surface area contributed by atoms with E-state index >= 15 is 0 Å². The zero-order valence-corrected chi connectivity index (χ0v) is 16.7. The van der Waals surface area contributed by atoms with Crippen LogP contribution < -0.4 is 0 Å². The van der Waals surface area contributed by atoms with Crippen LogP contribution in [0.15, 0.2) is 17.9 Å². The molecule has 3 heteroatoms. The summed E-state index contributed by atoms with van der Waals surface area (Å²) in [5.41, 5.74) is 0. The van der Waals surface area contributed by atoms with Crippen LogP contribution in [-0.2, 0) is 4.74 Å². The molecule has 0 aliphatic rings. The topological polar surface area (TPSA) is 26.3 Å². The highest BCUT2D eigenvalue weighted by Crippen LogP contribution is 2.16. The molecule has 0 aliphatic heterocycles. The first-order chi connectivity index (χ1) is 11.8. The predicted molar refractivity (Wildman–Crippen MR) is 107 cm³/mol. The van der Waals surface area contributed by atoms with E-state index in [0.29, 0.717) is 14.8 Å². The number of rotatable bonds is 16. The lowest BCUT2D eigenvalue weighted by atomic mass is 10.0.